The molecule has 0 unspecified atom stereocenters. The fourth-order valence-electron chi connectivity index (χ4n) is 2.27. The number of benzene rings is 1. The van der Waals surface area contributed by atoms with Crippen molar-refractivity contribution in [3.05, 3.63) is 50.6 Å². The number of fused-ring (bicyclic) bond motifs is 1. The van der Waals surface area contributed by atoms with Crippen molar-refractivity contribution in [1.82, 2.24) is 4.98 Å². The van der Waals surface area contributed by atoms with Crippen LogP contribution in [0.15, 0.2) is 28.7 Å². The van der Waals surface area contributed by atoms with Crippen LogP contribution in [0.5, 0.6) is 11.6 Å². The number of nitriles is 1. The van der Waals surface area contributed by atoms with Crippen molar-refractivity contribution in [2.24, 2.45) is 0 Å². The smallest absolute Gasteiger partial charge is 0.237 e. The van der Waals surface area contributed by atoms with Crippen LogP contribution in [0.4, 0.5) is 0 Å². The van der Waals surface area contributed by atoms with Crippen molar-refractivity contribution in [2.75, 3.05) is 0 Å². The molecule has 1 aromatic heterocycles. The highest BCUT2D eigenvalue weighted by atomic mass is 79.9. The van der Waals surface area contributed by atoms with Gasteiger partial charge >= 0.3 is 0 Å². The second kappa shape index (κ2) is 5.43. The Bertz CT molecular complexity index is 725. The Morgan fingerprint density at radius 1 is 1.30 bits per heavy atom. The first kappa shape index (κ1) is 13.4. The average Bonchev–Trinajstić information content (AvgIpc) is 2.89. The van der Waals surface area contributed by atoms with Crippen LogP contribution in [0.3, 0.4) is 0 Å². The predicted octanol–water partition coefficient (Wildman–Crippen LogP) is 4.65. The van der Waals surface area contributed by atoms with Crippen molar-refractivity contribution in [1.29, 1.82) is 5.26 Å². The number of aryl methyl sites for hydroxylation is 2. The molecular weight excluding hydrogens is 340 g/mol. The van der Waals surface area contributed by atoms with Crippen molar-refractivity contribution < 1.29 is 4.74 Å². The summed E-state index contributed by atoms with van der Waals surface area (Å²) in [6.45, 7) is 0. The van der Waals surface area contributed by atoms with Crippen LogP contribution in [0.25, 0.3) is 0 Å². The van der Waals surface area contributed by atoms with Crippen LogP contribution >= 0.6 is 27.5 Å². The minimum atomic E-state index is 0.327. The lowest BCUT2D eigenvalue weighted by Crippen LogP contribution is -1.97. The Morgan fingerprint density at radius 2 is 2.15 bits per heavy atom. The summed E-state index contributed by atoms with van der Waals surface area (Å²) in [4.78, 5) is 4.47. The number of nitrogens with zero attached hydrogens (tertiary/aromatic N) is 2. The zero-order valence-electron chi connectivity index (χ0n) is 10.5. The van der Waals surface area contributed by atoms with E-state index in [1.165, 1.54) is 0 Å². The standard InChI is InChI=1S/C15H10BrClN2O/c16-11-4-5-12(17)14(7-11)20-15-10(8-18)6-9-2-1-3-13(9)19-15/h4-7H,1-3H2. The second-order valence-electron chi connectivity index (χ2n) is 4.59. The molecular formula is C15H10BrClN2O. The number of ether oxygens (including phenoxy) is 1. The normalized spacial score (nSPS) is 12.8. The van der Waals surface area contributed by atoms with Gasteiger partial charge in [-0.2, -0.15) is 5.26 Å². The first-order chi connectivity index (χ1) is 9.67. The molecule has 0 amide bonds. The molecule has 1 aromatic carbocycles. The minimum Gasteiger partial charge on any atom is -0.436 e. The van der Waals surface area contributed by atoms with E-state index in [-0.39, 0.29) is 0 Å². The van der Waals surface area contributed by atoms with Gasteiger partial charge in [0.15, 0.2) is 0 Å². The van der Waals surface area contributed by atoms with Gasteiger partial charge in [-0.25, -0.2) is 4.98 Å². The lowest BCUT2D eigenvalue weighted by Gasteiger charge is -2.10. The van der Waals surface area contributed by atoms with Gasteiger partial charge in [0.25, 0.3) is 0 Å². The van der Waals surface area contributed by atoms with Crippen molar-refractivity contribution >= 4 is 27.5 Å². The molecule has 5 heteroatoms. The van der Waals surface area contributed by atoms with E-state index in [0.29, 0.717) is 22.2 Å². The number of pyridine rings is 1. The zero-order valence-corrected chi connectivity index (χ0v) is 12.8. The number of hydrogen-bond acceptors (Lipinski definition) is 3. The van der Waals surface area contributed by atoms with Gasteiger partial charge in [0.1, 0.15) is 17.4 Å². The zero-order chi connectivity index (χ0) is 14.1. The Balaban J connectivity index is 2.02. The molecule has 0 atom stereocenters. The van der Waals surface area contributed by atoms with Crippen LogP contribution < -0.4 is 4.74 Å². The summed E-state index contributed by atoms with van der Waals surface area (Å²) in [6.07, 6.45) is 2.99. The molecule has 20 heavy (non-hydrogen) atoms. The molecule has 100 valence electrons. The summed E-state index contributed by atoms with van der Waals surface area (Å²) < 4.78 is 6.60. The third-order valence-electron chi connectivity index (χ3n) is 3.24. The molecule has 0 bridgehead atoms. The maximum atomic E-state index is 9.24. The van der Waals surface area contributed by atoms with E-state index in [1.807, 2.05) is 12.1 Å². The summed E-state index contributed by atoms with van der Waals surface area (Å²) in [5, 5.41) is 9.72. The first-order valence-corrected chi connectivity index (χ1v) is 7.40. The van der Waals surface area contributed by atoms with Gasteiger partial charge in [-0.05, 0) is 49.1 Å². The number of aromatic nitrogens is 1. The fraction of sp³-hybridized carbons (Fsp3) is 0.200. The summed E-state index contributed by atoms with van der Waals surface area (Å²) in [5.74, 6) is 0.816. The Morgan fingerprint density at radius 3 is 2.95 bits per heavy atom. The molecule has 0 spiro atoms. The van der Waals surface area contributed by atoms with Gasteiger partial charge in [0, 0.05) is 10.2 Å². The van der Waals surface area contributed by atoms with Gasteiger partial charge in [-0.3, -0.25) is 0 Å². The van der Waals surface area contributed by atoms with Crippen LogP contribution in [0.2, 0.25) is 5.02 Å². The van der Waals surface area contributed by atoms with Gasteiger partial charge in [-0.15, -0.1) is 0 Å². The highest BCUT2D eigenvalue weighted by molar-refractivity contribution is 9.10. The van der Waals surface area contributed by atoms with Crippen molar-refractivity contribution in [3.63, 3.8) is 0 Å². The number of halogens is 2. The molecule has 0 saturated carbocycles. The average molecular weight is 350 g/mol. The maximum absolute atomic E-state index is 9.24. The van der Waals surface area contributed by atoms with E-state index in [4.69, 9.17) is 16.3 Å². The summed E-state index contributed by atoms with van der Waals surface area (Å²) in [6, 6.07) is 9.34. The molecule has 3 rings (SSSR count). The highest BCUT2D eigenvalue weighted by Gasteiger charge is 2.18. The Hall–Kier alpha value is -1.57. The number of rotatable bonds is 2. The van der Waals surface area contributed by atoms with Gasteiger partial charge in [0.05, 0.1) is 5.02 Å². The third-order valence-corrected chi connectivity index (χ3v) is 4.04. The van der Waals surface area contributed by atoms with E-state index in [1.54, 1.807) is 12.1 Å². The molecule has 0 fully saturated rings. The van der Waals surface area contributed by atoms with Crippen LogP contribution in [-0.4, -0.2) is 4.98 Å². The predicted molar refractivity (Wildman–Crippen MR) is 80.2 cm³/mol. The topological polar surface area (TPSA) is 45.9 Å². The molecule has 1 aliphatic carbocycles. The van der Waals surface area contributed by atoms with Crippen LogP contribution in [0.1, 0.15) is 23.2 Å². The third kappa shape index (κ3) is 2.52. The highest BCUT2D eigenvalue weighted by Crippen LogP contribution is 2.34. The van der Waals surface area contributed by atoms with Gasteiger partial charge < -0.3 is 4.74 Å². The van der Waals surface area contributed by atoms with Gasteiger partial charge in [-0.1, -0.05) is 27.5 Å². The fourth-order valence-corrected chi connectivity index (χ4v) is 2.77. The monoisotopic (exact) mass is 348 g/mol. The van der Waals surface area contributed by atoms with E-state index < -0.39 is 0 Å². The van der Waals surface area contributed by atoms with Crippen LogP contribution in [0, 0.1) is 11.3 Å². The van der Waals surface area contributed by atoms with Gasteiger partial charge in [0.2, 0.25) is 5.88 Å². The van der Waals surface area contributed by atoms with E-state index in [9.17, 15) is 5.26 Å². The summed E-state index contributed by atoms with van der Waals surface area (Å²) in [5.41, 5.74) is 2.61. The maximum Gasteiger partial charge on any atom is 0.237 e. The second-order valence-corrected chi connectivity index (χ2v) is 5.91. The van der Waals surface area contributed by atoms with E-state index >= 15 is 0 Å². The minimum absolute atomic E-state index is 0.327. The molecule has 0 saturated heterocycles. The van der Waals surface area contributed by atoms with E-state index in [2.05, 4.69) is 27.0 Å². The molecule has 2 aromatic rings. The Kier molecular flexibility index (Phi) is 3.64. The van der Waals surface area contributed by atoms with Crippen molar-refractivity contribution in [2.45, 2.75) is 19.3 Å². The molecule has 0 aliphatic heterocycles. The van der Waals surface area contributed by atoms with Crippen molar-refractivity contribution in [3.8, 4) is 17.7 Å². The quantitative estimate of drug-likeness (QED) is 0.793. The molecule has 1 heterocycles. The Labute approximate surface area is 130 Å². The summed E-state index contributed by atoms with van der Waals surface area (Å²) in [7, 11) is 0. The molecule has 3 nitrogen and oxygen atoms in total. The van der Waals surface area contributed by atoms with Crippen LogP contribution in [-0.2, 0) is 12.8 Å². The molecule has 0 radical (unpaired) electrons. The van der Waals surface area contributed by atoms with E-state index in [0.717, 1.165) is 35.0 Å². The SMILES string of the molecule is N#Cc1cc2c(nc1Oc1cc(Br)ccc1Cl)CCC2. The molecule has 0 N–H and O–H groups in total. The largest absolute Gasteiger partial charge is 0.436 e. The number of hydrogen-bond donors (Lipinski definition) is 0. The lowest BCUT2D eigenvalue weighted by molar-refractivity contribution is 0.459. The summed E-state index contributed by atoms with van der Waals surface area (Å²) >= 11 is 9.47. The lowest BCUT2D eigenvalue weighted by atomic mass is 10.1. The first-order valence-electron chi connectivity index (χ1n) is 6.23. The molecule has 1 aliphatic rings.